The Morgan fingerprint density at radius 1 is 1.23 bits per heavy atom. The highest BCUT2D eigenvalue weighted by Gasteiger charge is 2.33. The van der Waals surface area contributed by atoms with Crippen molar-refractivity contribution in [1.82, 2.24) is 14.6 Å². The first-order chi connectivity index (χ1) is 18.6. The zero-order valence-electron chi connectivity index (χ0n) is 21.7. The fourth-order valence-corrected chi connectivity index (χ4v) is 5.21. The number of carbonyl (C=O) groups excluding carboxylic acids is 1. The SMILES string of the molecule is CNC(=O)c1cccc(OC)c1NCC#Cc1cn2c(N[C@@H]3CCN(C)C[C@@H]3F)cccc2c1SC(F)(F)F. The van der Waals surface area contributed by atoms with Gasteiger partial charge in [-0.1, -0.05) is 24.0 Å². The van der Waals surface area contributed by atoms with Gasteiger partial charge in [-0.2, -0.15) is 13.2 Å². The van der Waals surface area contributed by atoms with Crippen molar-refractivity contribution in [2.75, 3.05) is 51.5 Å². The molecule has 0 saturated carbocycles. The van der Waals surface area contributed by atoms with Crippen molar-refractivity contribution >= 4 is 34.7 Å². The number of likely N-dealkylation sites (tertiary alicyclic amines) is 1. The van der Waals surface area contributed by atoms with Crippen molar-refractivity contribution in [3.8, 4) is 17.6 Å². The first-order valence-corrected chi connectivity index (χ1v) is 13.0. The van der Waals surface area contributed by atoms with Crippen LogP contribution in [0.2, 0.25) is 0 Å². The minimum Gasteiger partial charge on any atom is -0.495 e. The van der Waals surface area contributed by atoms with Crippen LogP contribution in [0, 0.1) is 11.8 Å². The summed E-state index contributed by atoms with van der Waals surface area (Å²) in [7, 11) is 4.82. The average molecular weight is 564 g/mol. The van der Waals surface area contributed by atoms with E-state index in [0.29, 0.717) is 41.3 Å². The number of ether oxygens (including phenoxy) is 1. The molecular formula is C27H29F4N5O2S. The highest BCUT2D eigenvalue weighted by Crippen LogP contribution is 2.42. The molecule has 208 valence electrons. The van der Waals surface area contributed by atoms with E-state index in [2.05, 4.69) is 27.8 Å². The number of para-hydroxylation sites is 1. The van der Waals surface area contributed by atoms with E-state index in [1.165, 1.54) is 20.4 Å². The Morgan fingerprint density at radius 2 is 2.00 bits per heavy atom. The molecule has 3 aromatic rings. The summed E-state index contributed by atoms with van der Waals surface area (Å²) >= 11 is -0.236. The summed E-state index contributed by atoms with van der Waals surface area (Å²) < 4.78 is 62.1. The average Bonchev–Trinajstić information content (AvgIpc) is 3.24. The van der Waals surface area contributed by atoms with Crippen molar-refractivity contribution in [1.29, 1.82) is 0 Å². The van der Waals surface area contributed by atoms with Gasteiger partial charge < -0.3 is 30.0 Å². The number of anilines is 2. The molecule has 0 aliphatic carbocycles. The van der Waals surface area contributed by atoms with Gasteiger partial charge in [0.2, 0.25) is 0 Å². The van der Waals surface area contributed by atoms with Gasteiger partial charge in [0, 0.05) is 26.3 Å². The molecule has 7 nitrogen and oxygen atoms in total. The Labute approximate surface area is 228 Å². The lowest BCUT2D eigenvalue weighted by molar-refractivity contribution is -0.0327. The van der Waals surface area contributed by atoms with Crippen LogP contribution in [0.5, 0.6) is 5.75 Å². The summed E-state index contributed by atoms with van der Waals surface area (Å²) in [5, 5.41) is 8.78. The fraction of sp³-hybridized carbons (Fsp3) is 0.370. The molecule has 1 saturated heterocycles. The third-order valence-electron chi connectivity index (χ3n) is 6.35. The number of thioether (sulfide) groups is 1. The molecule has 2 atom stereocenters. The summed E-state index contributed by atoms with van der Waals surface area (Å²) in [6.45, 7) is 1.04. The number of nitrogens with one attached hydrogen (secondary N) is 3. The number of benzene rings is 1. The monoisotopic (exact) mass is 563 g/mol. The van der Waals surface area contributed by atoms with Crippen molar-refractivity contribution in [3.63, 3.8) is 0 Å². The van der Waals surface area contributed by atoms with Gasteiger partial charge in [-0.15, -0.1) is 0 Å². The Balaban J connectivity index is 1.64. The van der Waals surface area contributed by atoms with Crippen LogP contribution >= 0.6 is 11.8 Å². The van der Waals surface area contributed by atoms with E-state index < -0.39 is 17.7 Å². The molecule has 0 unspecified atom stereocenters. The number of hydrogen-bond donors (Lipinski definition) is 3. The quantitative estimate of drug-likeness (QED) is 0.217. The van der Waals surface area contributed by atoms with E-state index in [9.17, 15) is 22.4 Å². The van der Waals surface area contributed by atoms with Crippen LogP contribution in [-0.4, -0.2) is 73.8 Å². The minimum absolute atomic E-state index is 0.0386. The number of methoxy groups -OCH3 is 1. The van der Waals surface area contributed by atoms with Crippen molar-refractivity contribution in [2.45, 2.75) is 29.0 Å². The van der Waals surface area contributed by atoms with E-state index in [1.54, 1.807) is 40.8 Å². The van der Waals surface area contributed by atoms with Crippen LogP contribution in [0.25, 0.3) is 5.52 Å². The molecule has 3 N–H and O–H groups in total. The Kier molecular flexibility index (Phi) is 8.82. The van der Waals surface area contributed by atoms with Crippen molar-refractivity contribution < 1.29 is 27.1 Å². The Bertz CT molecular complexity index is 1400. The number of rotatable bonds is 7. The lowest BCUT2D eigenvalue weighted by Gasteiger charge is -2.33. The second kappa shape index (κ2) is 12.1. The van der Waals surface area contributed by atoms with Crippen molar-refractivity contribution in [3.05, 3.63) is 53.7 Å². The first kappa shape index (κ1) is 28.4. The number of aromatic nitrogens is 1. The normalized spacial score (nSPS) is 17.8. The molecule has 4 rings (SSSR count). The summed E-state index contributed by atoms with van der Waals surface area (Å²) in [5.41, 5.74) is -3.27. The van der Waals surface area contributed by atoms with E-state index in [-0.39, 0.29) is 41.2 Å². The second-order valence-electron chi connectivity index (χ2n) is 9.02. The molecule has 1 aromatic carbocycles. The molecule has 1 aliphatic heterocycles. The van der Waals surface area contributed by atoms with Gasteiger partial charge in [0.15, 0.2) is 0 Å². The van der Waals surface area contributed by atoms with Crippen LogP contribution < -0.4 is 20.7 Å². The molecular weight excluding hydrogens is 534 g/mol. The highest BCUT2D eigenvalue weighted by molar-refractivity contribution is 8.00. The van der Waals surface area contributed by atoms with Crippen LogP contribution in [0.3, 0.4) is 0 Å². The van der Waals surface area contributed by atoms with Crippen LogP contribution in [-0.2, 0) is 0 Å². The maximum Gasteiger partial charge on any atom is 0.446 e. The number of alkyl halides is 4. The number of fused-ring (bicyclic) bond motifs is 1. The standard InChI is InChI=1S/C27H29F4N5O2S/c1-32-26(37)18-8-4-10-22(38-3)24(18)33-13-6-7-17-15-36-21(25(17)39-27(29,30)31)9-5-11-23(36)34-20-12-14-35(2)16-19(20)28/h4-5,8-11,15,19-20,33-34H,12-14,16H2,1-3H3,(H,32,37)/t19-,20+/m0/s1. The van der Waals surface area contributed by atoms with Gasteiger partial charge in [-0.05, 0) is 49.5 Å². The third-order valence-corrected chi connectivity index (χ3v) is 7.22. The molecule has 1 amide bonds. The van der Waals surface area contributed by atoms with Gasteiger partial charge in [0.1, 0.15) is 17.7 Å². The predicted octanol–water partition coefficient (Wildman–Crippen LogP) is 4.84. The number of halogens is 4. The lowest BCUT2D eigenvalue weighted by atomic mass is 10.0. The Hall–Kier alpha value is -3.56. The molecule has 12 heteroatoms. The smallest absolute Gasteiger partial charge is 0.446 e. The van der Waals surface area contributed by atoms with Gasteiger partial charge in [0.05, 0.1) is 46.9 Å². The number of carbonyl (C=O) groups is 1. The van der Waals surface area contributed by atoms with E-state index >= 15 is 0 Å². The van der Waals surface area contributed by atoms with Crippen LogP contribution in [0.15, 0.2) is 47.5 Å². The summed E-state index contributed by atoms with van der Waals surface area (Å²) in [6, 6.07) is 9.45. The molecule has 1 aliphatic rings. The Morgan fingerprint density at radius 3 is 2.69 bits per heavy atom. The van der Waals surface area contributed by atoms with E-state index in [0.717, 1.165) is 0 Å². The van der Waals surface area contributed by atoms with Gasteiger partial charge in [-0.25, -0.2) is 4.39 Å². The maximum absolute atomic E-state index is 14.7. The molecule has 0 spiro atoms. The largest absolute Gasteiger partial charge is 0.495 e. The van der Waals surface area contributed by atoms with E-state index in [4.69, 9.17) is 4.74 Å². The molecule has 1 fully saturated rings. The summed E-state index contributed by atoms with van der Waals surface area (Å²) in [6.07, 6.45) is 0.984. The number of piperidine rings is 1. The molecule has 3 heterocycles. The first-order valence-electron chi connectivity index (χ1n) is 12.2. The lowest BCUT2D eigenvalue weighted by Crippen LogP contribution is -2.46. The second-order valence-corrected chi connectivity index (χ2v) is 10.1. The minimum atomic E-state index is -4.53. The van der Waals surface area contributed by atoms with Crippen LogP contribution in [0.4, 0.5) is 29.1 Å². The maximum atomic E-state index is 14.7. The number of pyridine rings is 1. The third kappa shape index (κ3) is 6.72. The zero-order valence-corrected chi connectivity index (χ0v) is 22.5. The van der Waals surface area contributed by atoms with Gasteiger partial charge >= 0.3 is 5.51 Å². The van der Waals surface area contributed by atoms with E-state index in [1.807, 2.05) is 11.9 Å². The summed E-state index contributed by atoms with van der Waals surface area (Å²) in [4.78, 5) is 14.1. The number of amides is 1. The molecule has 39 heavy (non-hydrogen) atoms. The fourth-order valence-electron chi connectivity index (χ4n) is 4.49. The number of nitrogens with zero attached hydrogens (tertiary/aromatic N) is 2. The zero-order chi connectivity index (χ0) is 28.2. The molecule has 2 aromatic heterocycles. The molecule has 0 bridgehead atoms. The van der Waals surface area contributed by atoms with Gasteiger partial charge in [0.25, 0.3) is 5.91 Å². The topological polar surface area (TPSA) is 70.0 Å². The summed E-state index contributed by atoms with van der Waals surface area (Å²) in [5.74, 6) is 6.28. The number of hydrogen-bond acceptors (Lipinski definition) is 6. The van der Waals surface area contributed by atoms with Crippen molar-refractivity contribution in [2.24, 2.45) is 0 Å². The predicted molar refractivity (Wildman–Crippen MR) is 145 cm³/mol. The van der Waals surface area contributed by atoms with Crippen LogP contribution in [0.1, 0.15) is 22.3 Å². The highest BCUT2D eigenvalue weighted by atomic mass is 32.2. The molecule has 0 radical (unpaired) electrons. The van der Waals surface area contributed by atoms with Gasteiger partial charge in [-0.3, -0.25) is 4.79 Å².